The lowest BCUT2D eigenvalue weighted by atomic mass is 9.94. The predicted molar refractivity (Wildman–Crippen MR) is 85.9 cm³/mol. The molecule has 2 aromatic rings. The van der Waals surface area contributed by atoms with Crippen molar-refractivity contribution in [2.24, 2.45) is 0 Å². The molecule has 0 spiro atoms. The van der Waals surface area contributed by atoms with Crippen LogP contribution in [0.15, 0.2) is 54.6 Å². The summed E-state index contributed by atoms with van der Waals surface area (Å²) >= 11 is 0. The van der Waals surface area contributed by atoms with E-state index in [-0.39, 0.29) is 0 Å². The molecule has 0 aliphatic rings. The van der Waals surface area contributed by atoms with Crippen LogP contribution in [0.1, 0.15) is 50.3 Å². The van der Waals surface area contributed by atoms with Gasteiger partial charge in [-0.1, -0.05) is 68.4 Å². The predicted octanol–water partition coefficient (Wildman–Crippen LogP) is 5.19. The van der Waals surface area contributed by atoms with Crippen molar-refractivity contribution in [1.29, 1.82) is 0 Å². The number of rotatable bonds is 6. The highest BCUT2D eigenvalue weighted by atomic mass is 17.2. The van der Waals surface area contributed by atoms with Gasteiger partial charge >= 0.3 is 0 Å². The molecule has 2 aromatic carbocycles. The fourth-order valence-corrected chi connectivity index (χ4v) is 2.14. The molecule has 0 aromatic heterocycles. The van der Waals surface area contributed by atoms with Crippen molar-refractivity contribution in [2.75, 3.05) is 0 Å². The Morgan fingerprint density at radius 2 is 1.52 bits per heavy atom. The quantitative estimate of drug-likeness (QED) is 0.536. The minimum Gasteiger partial charge on any atom is -0.231 e. The SMILES string of the molecule is CC(C)c1ccc(C(C)(C)OOCc2ccccc2)cc1. The molecule has 0 atom stereocenters. The third-order valence-corrected chi connectivity index (χ3v) is 3.61. The molecule has 0 amide bonds. The molecule has 0 bridgehead atoms. The zero-order chi connectivity index (χ0) is 15.3. The maximum absolute atomic E-state index is 5.62. The Labute approximate surface area is 127 Å². The van der Waals surface area contributed by atoms with Crippen molar-refractivity contribution in [3.05, 3.63) is 71.3 Å². The van der Waals surface area contributed by atoms with E-state index in [1.165, 1.54) is 5.56 Å². The second-order valence-electron chi connectivity index (χ2n) is 6.12. The Bertz CT molecular complexity index is 542. The van der Waals surface area contributed by atoms with E-state index in [2.05, 4.69) is 38.1 Å². The molecule has 2 rings (SSSR count). The van der Waals surface area contributed by atoms with Crippen LogP contribution >= 0.6 is 0 Å². The van der Waals surface area contributed by atoms with Gasteiger partial charge in [-0.05, 0) is 36.5 Å². The molecule has 2 heteroatoms. The maximum atomic E-state index is 5.62. The van der Waals surface area contributed by atoms with E-state index in [0.717, 1.165) is 11.1 Å². The molecule has 0 radical (unpaired) electrons. The Kier molecular flexibility index (Phi) is 5.16. The average molecular weight is 284 g/mol. The van der Waals surface area contributed by atoms with Crippen LogP contribution in [0, 0.1) is 0 Å². The van der Waals surface area contributed by atoms with Gasteiger partial charge in [0.1, 0.15) is 12.2 Å². The lowest BCUT2D eigenvalue weighted by Gasteiger charge is -2.24. The zero-order valence-corrected chi connectivity index (χ0v) is 13.3. The van der Waals surface area contributed by atoms with E-state index in [4.69, 9.17) is 9.78 Å². The van der Waals surface area contributed by atoms with Crippen molar-refractivity contribution < 1.29 is 9.78 Å². The van der Waals surface area contributed by atoms with Crippen molar-refractivity contribution in [1.82, 2.24) is 0 Å². The van der Waals surface area contributed by atoms with Gasteiger partial charge in [-0.25, -0.2) is 9.78 Å². The van der Waals surface area contributed by atoms with E-state index < -0.39 is 5.60 Å². The lowest BCUT2D eigenvalue weighted by Crippen LogP contribution is -2.21. The summed E-state index contributed by atoms with van der Waals surface area (Å²) in [4.78, 5) is 11.0. The molecule has 0 saturated heterocycles. The molecule has 0 unspecified atom stereocenters. The third-order valence-electron chi connectivity index (χ3n) is 3.61. The van der Waals surface area contributed by atoms with Crippen LogP contribution in [-0.2, 0) is 22.0 Å². The Hall–Kier alpha value is -1.64. The van der Waals surface area contributed by atoms with Gasteiger partial charge in [-0.3, -0.25) is 0 Å². The van der Waals surface area contributed by atoms with Gasteiger partial charge in [0.15, 0.2) is 0 Å². The molecule has 0 fully saturated rings. The number of benzene rings is 2. The summed E-state index contributed by atoms with van der Waals surface area (Å²) in [5, 5.41) is 0. The van der Waals surface area contributed by atoms with Crippen molar-refractivity contribution >= 4 is 0 Å². The lowest BCUT2D eigenvalue weighted by molar-refractivity contribution is -0.366. The van der Waals surface area contributed by atoms with Crippen molar-refractivity contribution in [3.8, 4) is 0 Å². The van der Waals surface area contributed by atoms with Gasteiger partial charge in [0.25, 0.3) is 0 Å². The summed E-state index contributed by atoms with van der Waals surface area (Å²) in [7, 11) is 0. The molecule has 0 aliphatic carbocycles. The Balaban J connectivity index is 1.94. The molecule has 112 valence electrons. The number of hydrogen-bond donors (Lipinski definition) is 0. The first-order valence-electron chi connectivity index (χ1n) is 7.44. The summed E-state index contributed by atoms with van der Waals surface area (Å²) in [6.07, 6.45) is 0. The monoisotopic (exact) mass is 284 g/mol. The van der Waals surface area contributed by atoms with Gasteiger partial charge in [-0.2, -0.15) is 0 Å². The molecule has 2 nitrogen and oxygen atoms in total. The molecular formula is C19H24O2. The highest BCUT2D eigenvalue weighted by Crippen LogP contribution is 2.27. The second kappa shape index (κ2) is 6.88. The first-order chi connectivity index (χ1) is 9.99. The van der Waals surface area contributed by atoms with Crippen LogP contribution in [-0.4, -0.2) is 0 Å². The van der Waals surface area contributed by atoms with E-state index in [9.17, 15) is 0 Å². The first-order valence-corrected chi connectivity index (χ1v) is 7.44. The second-order valence-corrected chi connectivity index (χ2v) is 6.12. The maximum Gasteiger partial charge on any atom is 0.123 e. The molecule has 21 heavy (non-hydrogen) atoms. The highest BCUT2D eigenvalue weighted by Gasteiger charge is 2.23. The zero-order valence-electron chi connectivity index (χ0n) is 13.3. The fraction of sp³-hybridized carbons (Fsp3) is 0.368. The highest BCUT2D eigenvalue weighted by molar-refractivity contribution is 5.28. The van der Waals surface area contributed by atoms with E-state index in [1.807, 2.05) is 44.2 Å². The van der Waals surface area contributed by atoms with Crippen LogP contribution in [0.5, 0.6) is 0 Å². The Morgan fingerprint density at radius 1 is 0.905 bits per heavy atom. The first kappa shape index (κ1) is 15.7. The van der Waals surface area contributed by atoms with E-state index in [0.29, 0.717) is 12.5 Å². The molecule has 0 heterocycles. The number of hydrogen-bond acceptors (Lipinski definition) is 2. The van der Waals surface area contributed by atoms with Crippen LogP contribution in [0.4, 0.5) is 0 Å². The largest absolute Gasteiger partial charge is 0.231 e. The van der Waals surface area contributed by atoms with Crippen LogP contribution < -0.4 is 0 Å². The van der Waals surface area contributed by atoms with Crippen LogP contribution in [0.25, 0.3) is 0 Å². The molecule has 0 aliphatic heterocycles. The summed E-state index contributed by atoms with van der Waals surface area (Å²) in [6.45, 7) is 8.87. The minimum absolute atomic E-state index is 0.453. The molecule has 0 saturated carbocycles. The Morgan fingerprint density at radius 3 is 2.10 bits per heavy atom. The van der Waals surface area contributed by atoms with Crippen molar-refractivity contribution in [3.63, 3.8) is 0 Å². The summed E-state index contributed by atoms with van der Waals surface area (Å²) in [6, 6.07) is 18.6. The summed E-state index contributed by atoms with van der Waals surface area (Å²) < 4.78 is 0. The average Bonchev–Trinajstić information content (AvgIpc) is 2.48. The normalized spacial score (nSPS) is 11.9. The van der Waals surface area contributed by atoms with Crippen LogP contribution in [0.2, 0.25) is 0 Å². The van der Waals surface area contributed by atoms with Gasteiger partial charge < -0.3 is 0 Å². The fourth-order valence-electron chi connectivity index (χ4n) is 2.14. The third kappa shape index (κ3) is 4.42. The van der Waals surface area contributed by atoms with Crippen LogP contribution in [0.3, 0.4) is 0 Å². The van der Waals surface area contributed by atoms with E-state index >= 15 is 0 Å². The topological polar surface area (TPSA) is 18.5 Å². The van der Waals surface area contributed by atoms with Gasteiger partial charge in [0.2, 0.25) is 0 Å². The van der Waals surface area contributed by atoms with E-state index in [1.54, 1.807) is 0 Å². The molecular weight excluding hydrogens is 260 g/mol. The minimum atomic E-state index is -0.468. The van der Waals surface area contributed by atoms with Gasteiger partial charge in [-0.15, -0.1) is 0 Å². The van der Waals surface area contributed by atoms with Crippen molar-refractivity contribution in [2.45, 2.75) is 45.8 Å². The van der Waals surface area contributed by atoms with Gasteiger partial charge in [0.05, 0.1) is 0 Å². The molecule has 0 N–H and O–H groups in total. The summed E-state index contributed by atoms with van der Waals surface area (Å²) in [5.74, 6) is 0.539. The standard InChI is InChI=1S/C19H24O2/c1-15(2)17-10-12-18(13-11-17)19(3,4)21-20-14-16-8-6-5-7-9-16/h5-13,15H,14H2,1-4H3. The summed E-state index contributed by atoms with van der Waals surface area (Å²) in [5.41, 5.74) is 3.08. The van der Waals surface area contributed by atoms with Gasteiger partial charge in [0, 0.05) is 0 Å². The smallest absolute Gasteiger partial charge is 0.123 e.